The molecule has 0 aliphatic heterocycles. The van der Waals surface area contributed by atoms with Gasteiger partial charge < -0.3 is 5.32 Å². The number of aromatic nitrogens is 2. The van der Waals surface area contributed by atoms with Crippen LogP contribution in [-0.4, -0.2) is 14.7 Å². The summed E-state index contributed by atoms with van der Waals surface area (Å²) in [6.45, 7) is 2.55. The molecular weight excluding hydrogens is 264 g/mol. The van der Waals surface area contributed by atoms with E-state index in [9.17, 15) is 10.1 Å². The summed E-state index contributed by atoms with van der Waals surface area (Å²) in [5.74, 6) is 0.472. The number of nitro groups is 1. The molecule has 102 valence electrons. The zero-order chi connectivity index (χ0) is 13.8. The van der Waals surface area contributed by atoms with Crippen molar-refractivity contribution in [3.8, 4) is 0 Å². The molecule has 2 rings (SSSR count). The maximum Gasteiger partial charge on any atom is 0.334 e. The molecule has 0 spiro atoms. The SMILES string of the molecule is CCCc1nn(C)c(NCc2ccsc2)c1[N+](=O)[O-]. The number of hydrogen-bond donors (Lipinski definition) is 1. The average molecular weight is 280 g/mol. The third-order valence-corrected chi connectivity index (χ3v) is 3.53. The Hall–Kier alpha value is -1.89. The molecule has 2 heterocycles. The van der Waals surface area contributed by atoms with Crippen LogP contribution in [0, 0.1) is 10.1 Å². The van der Waals surface area contributed by atoms with Crippen molar-refractivity contribution in [2.24, 2.45) is 7.05 Å². The molecule has 0 aliphatic rings. The Balaban J connectivity index is 2.25. The highest BCUT2D eigenvalue weighted by molar-refractivity contribution is 7.07. The minimum atomic E-state index is -0.353. The van der Waals surface area contributed by atoms with E-state index in [1.165, 1.54) is 0 Å². The summed E-state index contributed by atoms with van der Waals surface area (Å²) in [6.07, 6.45) is 1.45. The lowest BCUT2D eigenvalue weighted by Crippen LogP contribution is -2.05. The standard InChI is InChI=1S/C12H16N4O2S/c1-3-4-10-11(16(17)18)12(15(2)14-10)13-7-9-5-6-19-8-9/h5-6,8,13H,3-4,7H2,1-2H3. The smallest absolute Gasteiger partial charge is 0.334 e. The third-order valence-electron chi connectivity index (χ3n) is 2.80. The Morgan fingerprint density at radius 1 is 1.58 bits per heavy atom. The van der Waals surface area contributed by atoms with Gasteiger partial charge in [-0.15, -0.1) is 0 Å². The third kappa shape index (κ3) is 2.93. The molecule has 6 nitrogen and oxygen atoms in total. The molecule has 0 amide bonds. The van der Waals surface area contributed by atoms with Crippen LogP contribution in [0.1, 0.15) is 24.6 Å². The largest absolute Gasteiger partial charge is 0.360 e. The molecule has 7 heteroatoms. The molecule has 0 unspecified atom stereocenters. The van der Waals surface area contributed by atoms with Crippen molar-refractivity contribution in [2.75, 3.05) is 5.32 Å². The highest BCUT2D eigenvalue weighted by atomic mass is 32.1. The molecule has 0 radical (unpaired) electrons. The first-order chi connectivity index (χ1) is 9.13. The second-order valence-electron chi connectivity index (χ2n) is 4.26. The van der Waals surface area contributed by atoms with Crippen LogP contribution < -0.4 is 5.32 Å². The minimum Gasteiger partial charge on any atom is -0.360 e. The van der Waals surface area contributed by atoms with Crippen molar-refractivity contribution in [3.63, 3.8) is 0 Å². The van der Waals surface area contributed by atoms with E-state index in [0.717, 1.165) is 12.0 Å². The molecule has 19 heavy (non-hydrogen) atoms. The van der Waals surface area contributed by atoms with Gasteiger partial charge in [0, 0.05) is 13.6 Å². The van der Waals surface area contributed by atoms with Gasteiger partial charge in [0.2, 0.25) is 5.82 Å². The highest BCUT2D eigenvalue weighted by Gasteiger charge is 2.25. The van der Waals surface area contributed by atoms with Crippen LogP contribution in [0.4, 0.5) is 11.5 Å². The van der Waals surface area contributed by atoms with Crippen molar-refractivity contribution in [1.82, 2.24) is 9.78 Å². The second-order valence-corrected chi connectivity index (χ2v) is 5.04. The van der Waals surface area contributed by atoms with Crippen molar-refractivity contribution in [3.05, 3.63) is 38.2 Å². The first kappa shape index (κ1) is 13.5. The molecule has 0 aliphatic carbocycles. The van der Waals surface area contributed by atoms with Crippen LogP contribution in [0.3, 0.4) is 0 Å². The fraction of sp³-hybridized carbons (Fsp3) is 0.417. The quantitative estimate of drug-likeness (QED) is 0.652. The van der Waals surface area contributed by atoms with Gasteiger partial charge in [-0.2, -0.15) is 16.4 Å². The van der Waals surface area contributed by atoms with Crippen LogP contribution in [0.2, 0.25) is 0 Å². The molecule has 2 aromatic heterocycles. The molecule has 0 fully saturated rings. The fourth-order valence-electron chi connectivity index (χ4n) is 1.94. The van der Waals surface area contributed by atoms with Gasteiger partial charge in [-0.25, -0.2) is 4.68 Å². The number of anilines is 1. The van der Waals surface area contributed by atoms with Gasteiger partial charge in [0.1, 0.15) is 5.69 Å². The molecule has 0 saturated heterocycles. The highest BCUT2D eigenvalue weighted by Crippen LogP contribution is 2.29. The van der Waals surface area contributed by atoms with E-state index < -0.39 is 0 Å². The van der Waals surface area contributed by atoms with Gasteiger partial charge in [-0.1, -0.05) is 13.3 Å². The van der Waals surface area contributed by atoms with Crippen LogP contribution in [0.15, 0.2) is 16.8 Å². The summed E-state index contributed by atoms with van der Waals surface area (Å²) in [5.41, 5.74) is 1.75. The summed E-state index contributed by atoms with van der Waals surface area (Å²) in [6, 6.07) is 1.99. The van der Waals surface area contributed by atoms with Crippen molar-refractivity contribution >= 4 is 22.8 Å². The Labute approximate surface area is 115 Å². The zero-order valence-electron chi connectivity index (χ0n) is 10.9. The minimum absolute atomic E-state index is 0.0968. The summed E-state index contributed by atoms with van der Waals surface area (Å²) in [5, 5.41) is 22.6. The van der Waals surface area contributed by atoms with E-state index in [2.05, 4.69) is 10.4 Å². The van der Waals surface area contributed by atoms with Gasteiger partial charge in [0.15, 0.2) is 0 Å². The Morgan fingerprint density at radius 2 is 2.37 bits per heavy atom. The first-order valence-electron chi connectivity index (χ1n) is 6.08. The monoisotopic (exact) mass is 280 g/mol. The maximum atomic E-state index is 11.2. The van der Waals surface area contributed by atoms with Crippen molar-refractivity contribution in [1.29, 1.82) is 0 Å². The van der Waals surface area contributed by atoms with Gasteiger partial charge >= 0.3 is 5.69 Å². The molecule has 1 N–H and O–H groups in total. The van der Waals surface area contributed by atoms with E-state index in [1.54, 1.807) is 23.1 Å². The number of thiophene rings is 1. The van der Waals surface area contributed by atoms with Crippen LogP contribution in [0.5, 0.6) is 0 Å². The van der Waals surface area contributed by atoms with E-state index >= 15 is 0 Å². The van der Waals surface area contributed by atoms with Gasteiger partial charge in [0.05, 0.1) is 4.92 Å². The van der Waals surface area contributed by atoms with E-state index in [0.29, 0.717) is 24.5 Å². The van der Waals surface area contributed by atoms with Gasteiger partial charge in [0.25, 0.3) is 0 Å². The fourth-order valence-corrected chi connectivity index (χ4v) is 2.61. The summed E-state index contributed by atoms with van der Waals surface area (Å²) in [7, 11) is 1.72. The Kier molecular flexibility index (Phi) is 4.16. The molecule has 0 bridgehead atoms. The summed E-state index contributed by atoms with van der Waals surface area (Å²) < 4.78 is 1.55. The number of nitrogens with zero attached hydrogens (tertiary/aromatic N) is 3. The van der Waals surface area contributed by atoms with Gasteiger partial charge in [-0.3, -0.25) is 10.1 Å². The van der Waals surface area contributed by atoms with Crippen molar-refractivity contribution < 1.29 is 4.92 Å². The van der Waals surface area contributed by atoms with Gasteiger partial charge in [-0.05, 0) is 28.8 Å². The van der Waals surface area contributed by atoms with E-state index in [1.807, 2.05) is 23.8 Å². The van der Waals surface area contributed by atoms with E-state index in [4.69, 9.17) is 0 Å². The molecule has 0 aromatic carbocycles. The molecule has 0 atom stereocenters. The molecule has 0 saturated carbocycles. The molecule has 2 aromatic rings. The van der Waals surface area contributed by atoms with Crippen LogP contribution in [-0.2, 0) is 20.0 Å². The lowest BCUT2D eigenvalue weighted by atomic mass is 10.2. The number of aryl methyl sites for hydroxylation is 2. The lowest BCUT2D eigenvalue weighted by Gasteiger charge is -2.04. The Bertz CT molecular complexity index is 563. The van der Waals surface area contributed by atoms with Crippen LogP contribution >= 0.6 is 11.3 Å². The van der Waals surface area contributed by atoms with Crippen molar-refractivity contribution in [2.45, 2.75) is 26.3 Å². The average Bonchev–Trinajstić information content (AvgIpc) is 2.95. The maximum absolute atomic E-state index is 11.2. The number of hydrogen-bond acceptors (Lipinski definition) is 5. The number of rotatable bonds is 6. The predicted molar refractivity (Wildman–Crippen MR) is 75.5 cm³/mol. The zero-order valence-corrected chi connectivity index (χ0v) is 11.7. The Morgan fingerprint density at radius 3 is 2.95 bits per heavy atom. The number of nitrogens with one attached hydrogen (secondary N) is 1. The normalized spacial score (nSPS) is 10.6. The lowest BCUT2D eigenvalue weighted by molar-refractivity contribution is -0.384. The predicted octanol–water partition coefficient (Wildman–Crippen LogP) is 2.95. The first-order valence-corrected chi connectivity index (χ1v) is 7.03. The topological polar surface area (TPSA) is 73.0 Å². The summed E-state index contributed by atoms with van der Waals surface area (Å²) in [4.78, 5) is 10.9. The molecular formula is C12H16N4O2S. The van der Waals surface area contributed by atoms with Crippen LogP contribution in [0.25, 0.3) is 0 Å². The van der Waals surface area contributed by atoms with E-state index in [-0.39, 0.29) is 10.6 Å². The summed E-state index contributed by atoms with van der Waals surface area (Å²) >= 11 is 1.61. The second kappa shape index (κ2) is 5.83.